The lowest BCUT2D eigenvalue weighted by atomic mass is 9.84. The van der Waals surface area contributed by atoms with Gasteiger partial charge in [0.15, 0.2) is 0 Å². The number of hydrogen-bond acceptors (Lipinski definition) is 2. The quantitative estimate of drug-likeness (QED) is 0.695. The molecule has 3 rings (SSSR count). The highest BCUT2D eigenvalue weighted by atomic mass is 16.2. The lowest BCUT2D eigenvalue weighted by molar-refractivity contribution is -0.121. The molecule has 0 saturated carbocycles. The van der Waals surface area contributed by atoms with E-state index in [1.165, 1.54) is 16.2 Å². The van der Waals surface area contributed by atoms with Crippen LogP contribution in [-0.4, -0.2) is 30.4 Å². The number of carbonyl (C=O) groups is 1. The van der Waals surface area contributed by atoms with Crippen LogP contribution in [0.1, 0.15) is 43.9 Å². The molecule has 0 aliphatic carbocycles. The zero-order valence-electron chi connectivity index (χ0n) is 16.8. The maximum absolute atomic E-state index is 13.0. The first kappa shape index (κ1) is 18.7. The summed E-state index contributed by atoms with van der Waals surface area (Å²) < 4.78 is 0. The van der Waals surface area contributed by atoms with Crippen LogP contribution >= 0.6 is 0 Å². The lowest BCUT2D eigenvalue weighted by Gasteiger charge is -2.43. The van der Waals surface area contributed by atoms with Crippen LogP contribution in [0.4, 0.5) is 5.69 Å². The van der Waals surface area contributed by atoms with Crippen LogP contribution in [0.15, 0.2) is 29.2 Å². The average molecular weight is 360 g/mol. The van der Waals surface area contributed by atoms with Gasteiger partial charge in [-0.15, -0.1) is 0 Å². The van der Waals surface area contributed by atoms with Crippen LogP contribution in [0.3, 0.4) is 0 Å². The number of fused-ring (bicyclic) bond motifs is 1. The van der Waals surface area contributed by atoms with Crippen molar-refractivity contribution in [3.63, 3.8) is 0 Å². The summed E-state index contributed by atoms with van der Waals surface area (Å²) in [5.74, 6) is -0.213. The SMILES string of the molecule is [C-]#[N+]C([N+]#[C-])=C1C(C)=C(c2cc3c(cc2C)N(C)C(C)(C)CC3)C(=O)N1C. The predicted octanol–water partition coefficient (Wildman–Crippen LogP) is 4.41. The van der Waals surface area contributed by atoms with Gasteiger partial charge in [0.2, 0.25) is 0 Å². The Labute approximate surface area is 161 Å². The summed E-state index contributed by atoms with van der Waals surface area (Å²) in [5.41, 5.74) is 6.22. The van der Waals surface area contributed by atoms with E-state index >= 15 is 0 Å². The molecular weight excluding hydrogens is 336 g/mol. The fourth-order valence-electron chi connectivity index (χ4n) is 4.02. The number of hydrogen-bond donors (Lipinski definition) is 0. The molecule has 0 radical (unpaired) electrons. The molecule has 0 bridgehead atoms. The number of benzene rings is 1. The Morgan fingerprint density at radius 3 is 2.37 bits per heavy atom. The molecule has 1 aromatic rings. The van der Waals surface area contributed by atoms with Crippen molar-refractivity contribution in [3.05, 3.63) is 68.7 Å². The van der Waals surface area contributed by atoms with E-state index in [-0.39, 0.29) is 17.3 Å². The molecule has 2 heterocycles. The molecule has 0 saturated heterocycles. The van der Waals surface area contributed by atoms with Crippen LogP contribution in [0.2, 0.25) is 0 Å². The zero-order chi connectivity index (χ0) is 20.1. The normalized spacial score (nSPS) is 18.4. The largest absolute Gasteiger partial charge is 0.543 e. The summed E-state index contributed by atoms with van der Waals surface area (Å²) in [4.78, 5) is 23.3. The van der Waals surface area contributed by atoms with Crippen molar-refractivity contribution in [2.24, 2.45) is 0 Å². The van der Waals surface area contributed by atoms with Crippen LogP contribution in [0.5, 0.6) is 0 Å². The predicted molar refractivity (Wildman–Crippen MR) is 108 cm³/mol. The van der Waals surface area contributed by atoms with Crippen molar-refractivity contribution >= 4 is 17.2 Å². The number of rotatable bonds is 1. The third-order valence-electron chi connectivity index (χ3n) is 5.98. The molecule has 0 atom stereocenters. The third kappa shape index (κ3) is 2.71. The molecule has 0 N–H and O–H groups in total. The van der Waals surface area contributed by atoms with E-state index in [2.05, 4.69) is 47.6 Å². The molecule has 1 aromatic carbocycles. The Kier molecular flexibility index (Phi) is 4.36. The first-order valence-electron chi connectivity index (χ1n) is 9.00. The van der Waals surface area contributed by atoms with E-state index in [4.69, 9.17) is 13.1 Å². The summed E-state index contributed by atoms with van der Waals surface area (Å²) in [7, 11) is 3.75. The molecule has 0 fully saturated rings. The number of anilines is 1. The minimum atomic E-state index is -0.153. The number of carbonyl (C=O) groups excluding carboxylic acids is 1. The standard InChI is InChI=1S/C22H24N4O/c1-13-11-17-15(9-10-22(3,4)26(17)8)12-16(13)18-14(2)19(20(23-5)24-6)25(7)21(18)27/h11-12H,9-10H2,1-4,7-8H3. The highest BCUT2D eigenvalue weighted by Crippen LogP contribution is 2.42. The van der Waals surface area contributed by atoms with Crippen molar-refractivity contribution < 1.29 is 4.79 Å². The van der Waals surface area contributed by atoms with Gasteiger partial charge in [-0.05, 0) is 74.9 Å². The monoisotopic (exact) mass is 360 g/mol. The Bertz CT molecular complexity index is 982. The van der Waals surface area contributed by atoms with Gasteiger partial charge in [-0.2, -0.15) is 9.69 Å². The van der Waals surface area contributed by atoms with Crippen molar-refractivity contribution in [2.45, 2.75) is 46.1 Å². The van der Waals surface area contributed by atoms with Crippen LogP contribution in [0, 0.1) is 20.1 Å². The van der Waals surface area contributed by atoms with Gasteiger partial charge in [0.1, 0.15) is 18.8 Å². The van der Waals surface area contributed by atoms with Crippen LogP contribution < -0.4 is 4.90 Å². The van der Waals surface area contributed by atoms with Gasteiger partial charge in [0.25, 0.3) is 5.91 Å². The van der Waals surface area contributed by atoms with E-state index in [1.807, 2.05) is 13.8 Å². The van der Waals surface area contributed by atoms with Crippen molar-refractivity contribution in [1.29, 1.82) is 0 Å². The Morgan fingerprint density at radius 2 is 1.78 bits per heavy atom. The minimum Gasteiger partial charge on any atom is -0.369 e. The second kappa shape index (κ2) is 6.28. The molecule has 0 spiro atoms. The van der Waals surface area contributed by atoms with Crippen molar-refractivity contribution in [2.75, 3.05) is 19.0 Å². The number of allylic oxidation sites excluding steroid dienone is 1. The van der Waals surface area contributed by atoms with Crippen molar-refractivity contribution in [1.82, 2.24) is 4.90 Å². The number of likely N-dealkylation sites (N-methyl/N-ethyl adjacent to an activating group) is 1. The first-order valence-corrected chi connectivity index (χ1v) is 9.00. The molecular formula is C22H24N4O. The Hall–Kier alpha value is -3.05. The fourth-order valence-corrected chi connectivity index (χ4v) is 4.02. The van der Waals surface area contributed by atoms with E-state index in [1.54, 1.807) is 7.05 Å². The summed E-state index contributed by atoms with van der Waals surface area (Å²) >= 11 is 0. The Balaban J connectivity index is 2.21. The molecule has 138 valence electrons. The molecule has 27 heavy (non-hydrogen) atoms. The number of aryl methyl sites for hydroxylation is 2. The number of nitrogens with zero attached hydrogens (tertiary/aromatic N) is 4. The molecule has 1 amide bonds. The fraction of sp³-hybridized carbons (Fsp3) is 0.409. The third-order valence-corrected chi connectivity index (χ3v) is 5.98. The highest BCUT2D eigenvalue weighted by Gasteiger charge is 2.38. The lowest BCUT2D eigenvalue weighted by Crippen LogP contribution is -2.44. The second-order valence-corrected chi connectivity index (χ2v) is 7.93. The van der Waals surface area contributed by atoms with Gasteiger partial charge in [-0.1, -0.05) is 0 Å². The van der Waals surface area contributed by atoms with Gasteiger partial charge < -0.3 is 9.80 Å². The summed E-state index contributed by atoms with van der Waals surface area (Å²) in [6, 6.07) is 4.28. The smallest absolute Gasteiger partial charge is 0.369 e. The Morgan fingerprint density at radius 1 is 1.15 bits per heavy atom. The van der Waals surface area contributed by atoms with Gasteiger partial charge in [0.05, 0.1) is 5.57 Å². The zero-order valence-corrected chi connectivity index (χ0v) is 16.8. The van der Waals surface area contributed by atoms with Crippen molar-refractivity contribution in [3.8, 4) is 0 Å². The summed E-state index contributed by atoms with van der Waals surface area (Å²) in [5, 5.41) is 0. The molecule has 0 aromatic heterocycles. The molecule has 2 aliphatic rings. The van der Waals surface area contributed by atoms with E-state index in [0.717, 1.165) is 24.0 Å². The van der Waals surface area contributed by atoms with E-state index in [9.17, 15) is 4.79 Å². The van der Waals surface area contributed by atoms with Gasteiger partial charge in [0, 0.05) is 25.3 Å². The molecule has 2 aliphatic heterocycles. The van der Waals surface area contributed by atoms with Crippen LogP contribution in [0.25, 0.3) is 15.3 Å². The van der Waals surface area contributed by atoms with Crippen LogP contribution in [-0.2, 0) is 11.2 Å². The maximum Gasteiger partial charge on any atom is 0.543 e. The second-order valence-electron chi connectivity index (χ2n) is 7.93. The van der Waals surface area contributed by atoms with Gasteiger partial charge in [-0.3, -0.25) is 4.79 Å². The topological polar surface area (TPSA) is 32.3 Å². The maximum atomic E-state index is 13.0. The average Bonchev–Trinajstić information content (AvgIpc) is 2.84. The number of amides is 1. The van der Waals surface area contributed by atoms with E-state index < -0.39 is 0 Å². The van der Waals surface area contributed by atoms with Gasteiger partial charge in [-0.25, -0.2) is 0 Å². The summed E-state index contributed by atoms with van der Waals surface area (Å²) in [6.07, 6.45) is 2.02. The van der Waals surface area contributed by atoms with Gasteiger partial charge >= 0.3 is 5.82 Å². The summed E-state index contributed by atoms with van der Waals surface area (Å²) in [6.45, 7) is 22.8. The minimum absolute atomic E-state index is 0.0598. The highest BCUT2D eigenvalue weighted by molar-refractivity contribution is 6.25. The molecule has 5 nitrogen and oxygen atoms in total. The molecule has 5 heteroatoms. The first-order chi connectivity index (χ1) is 12.6. The molecule has 0 unspecified atom stereocenters. The van der Waals surface area contributed by atoms with E-state index in [0.29, 0.717) is 16.8 Å².